The Morgan fingerprint density at radius 2 is 1.94 bits per heavy atom. The summed E-state index contributed by atoms with van der Waals surface area (Å²) < 4.78 is 17.2. The average Bonchev–Trinajstić information content (AvgIpc) is 2.84. The van der Waals surface area contributed by atoms with Gasteiger partial charge in [0.2, 0.25) is 0 Å². The highest BCUT2D eigenvalue weighted by Crippen LogP contribution is 2.36. The van der Waals surface area contributed by atoms with Crippen LogP contribution in [-0.4, -0.2) is 32.4 Å². The number of esters is 1. The second-order valence-corrected chi connectivity index (χ2v) is 8.00. The van der Waals surface area contributed by atoms with Crippen molar-refractivity contribution in [2.24, 2.45) is 0 Å². The van der Waals surface area contributed by atoms with Gasteiger partial charge in [-0.15, -0.1) is 0 Å². The highest BCUT2D eigenvalue weighted by Gasteiger charge is 2.29. The van der Waals surface area contributed by atoms with Crippen molar-refractivity contribution in [2.75, 3.05) is 25.6 Å². The fraction of sp³-hybridized carbons (Fsp3) is 0.462. The quantitative estimate of drug-likeness (QED) is 0.560. The summed E-state index contributed by atoms with van der Waals surface area (Å²) in [5.41, 5.74) is 4.35. The maximum Gasteiger partial charge on any atom is 0.333 e. The third-order valence-electron chi connectivity index (χ3n) is 5.71. The van der Waals surface area contributed by atoms with Crippen LogP contribution in [-0.2, 0) is 27.1 Å². The summed E-state index contributed by atoms with van der Waals surface area (Å²) in [5, 5.41) is 12.4. The molecule has 2 aromatic carbocycles. The van der Waals surface area contributed by atoms with E-state index in [1.54, 1.807) is 24.3 Å². The second kappa shape index (κ2) is 11.5. The lowest BCUT2D eigenvalue weighted by atomic mass is 9.94. The summed E-state index contributed by atoms with van der Waals surface area (Å²) in [7, 11) is 1.39. The average molecular weight is 437 g/mol. The number of carbonyl (C=O) groups excluding carboxylic acids is 1. The Morgan fingerprint density at radius 1 is 1.22 bits per heavy atom. The van der Waals surface area contributed by atoms with Crippen molar-refractivity contribution in [1.29, 1.82) is 5.26 Å². The molecule has 1 unspecified atom stereocenters. The molecule has 2 aromatic rings. The maximum absolute atomic E-state index is 12.9. The molecular formula is C26H32N2O4. The van der Waals surface area contributed by atoms with Crippen molar-refractivity contribution in [3.63, 3.8) is 0 Å². The van der Waals surface area contributed by atoms with Crippen LogP contribution in [0.1, 0.15) is 61.4 Å². The van der Waals surface area contributed by atoms with E-state index in [0.717, 1.165) is 60.2 Å². The first kappa shape index (κ1) is 23.6. The molecule has 1 fully saturated rings. The predicted molar refractivity (Wildman–Crippen MR) is 124 cm³/mol. The van der Waals surface area contributed by atoms with Crippen molar-refractivity contribution < 1.29 is 19.0 Å². The lowest BCUT2D eigenvalue weighted by Crippen LogP contribution is -2.29. The third kappa shape index (κ3) is 5.80. The molecule has 0 spiro atoms. The Balaban J connectivity index is 2.06. The number of carbonyl (C=O) groups is 1. The molecule has 1 N–H and O–H groups in total. The van der Waals surface area contributed by atoms with E-state index in [-0.39, 0.29) is 12.1 Å². The number of nitriles is 1. The monoisotopic (exact) mass is 436 g/mol. The SMILES string of the molecule is CCCc1cc(CC)cc(C(Nc2ccc(C#N)cc2)C(=O)OC)c1OC1CCOCC1. The minimum Gasteiger partial charge on any atom is -0.490 e. The smallest absolute Gasteiger partial charge is 0.333 e. The van der Waals surface area contributed by atoms with Crippen LogP contribution < -0.4 is 10.1 Å². The van der Waals surface area contributed by atoms with Crippen molar-refractivity contribution in [3.8, 4) is 11.8 Å². The highest BCUT2D eigenvalue weighted by molar-refractivity contribution is 5.82. The molecule has 170 valence electrons. The van der Waals surface area contributed by atoms with E-state index in [2.05, 4.69) is 31.3 Å². The van der Waals surface area contributed by atoms with Gasteiger partial charge in [-0.25, -0.2) is 4.79 Å². The highest BCUT2D eigenvalue weighted by atomic mass is 16.5. The normalized spacial score (nSPS) is 14.9. The first-order valence-corrected chi connectivity index (χ1v) is 11.3. The van der Waals surface area contributed by atoms with E-state index in [9.17, 15) is 4.79 Å². The summed E-state index contributed by atoms with van der Waals surface area (Å²) in [6.45, 7) is 5.61. The van der Waals surface area contributed by atoms with E-state index < -0.39 is 6.04 Å². The number of rotatable bonds is 9. The first-order chi connectivity index (χ1) is 15.6. The zero-order chi connectivity index (χ0) is 22.9. The van der Waals surface area contributed by atoms with E-state index in [4.69, 9.17) is 19.5 Å². The molecule has 1 aliphatic rings. The summed E-state index contributed by atoms with van der Waals surface area (Å²) in [6.07, 6.45) is 4.40. The topological polar surface area (TPSA) is 80.6 Å². The molecule has 0 aliphatic carbocycles. The summed E-state index contributed by atoms with van der Waals surface area (Å²) >= 11 is 0. The molecule has 1 heterocycles. The van der Waals surface area contributed by atoms with Crippen molar-refractivity contribution in [2.45, 2.75) is 58.1 Å². The van der Waals surface area contributed by atoms with Crippen LogP contribution >= 0.6 is 0 Å². The molecule has 1 saturated heterocycles. The molecule has 0 radical (unpaired) electrons. The fourth-order valence-electron chi connectivity index (χ4n) is 3.95. The van der Waals surface area contributed by atoms with Gasteiger partial charge in [0.15, 0.2) is 6.04 Å². The molecule has 1 atom stereocenters. The number of aryl methyl sites for hydroxylation is 2. The molecule has 0 aromatic heterocycles. The Morgan fingerprint density at radius 3 is 2.53 bits per heavy atom. The lowest BCUT2D eigenvalue weighted by molar-refractivity contribution is -0.141. The largest absolute Gasteiger partial charge is 0.490 e. The van der Waals surface area contributed by atoms with Gasteiger partial charge in [0.25, 0.3) is 0 Å². The van der Waals surface area contributed by atoms with Crippen LogP contribution in [0.15, 0.2) is 36.4 Å². The zero-order valence-corrected chi connectivity index (χ0v) is 19.1. The van der Waals surface area contributed by atoms with Gasteiger partial charge in [-0.2, -0.15) is 5.26 Å². The number of benzene rings is 2. The zero-order valence-electron chi connectivity index (χ0n) is 19.1. The van der Waals surface area contributed by atoms with Gasteiger partial charge in [-0.1, -0.05) is 26.3 Å². The van der Waals surface area contributed by atoms with Crippen LogP contribution in [0.5, 0.6) is 5.75 Å². The van der Waals surface area contributed by atoms with Crippen molar-refractivity contribution in [3.05, 3.63) is 58.7 Å². The van der Waals surface area contributed by atoms with Crippen LogP contribution in [0.2, 0.25) is 0 Å². The Bertz CT molecular complexity index is 944. The number of anilines is 1. The van der Waals surface area contributed by atoms with Gasteiger partial charge in [-0.3, -0.25) is 0 Å². The first-order valence-electron chi connectivity index (χ1n) is 11.3. The van der Waals surface area contributed by atoms with Crippen LogP contribution in [0, 0.1) is 11.3 Å². The minimum atomic E-state index is -0.732. The van der Waals surface area contributed by atoms with E-state index in [0.29, 0.717) is 18.8 Å². The summed E-state index contributed by atoms with van der Waals surface area (Å²) in [5.74, 6) is 0.384. The lowest BCUT2D eigenvalue weighted by Gasteiger charge is -2.29. The second-order valence-electron chi connectivity index (χ2n) is 8.00. The van der Waals surface area contributed by atoms with Crippen molar-refractivity contribution >= 4 is 11.7 Å². The third-order valence-corrected chi connectivity index (χ3v) is 5.71. The van der Waals surface area contributed by atoms with Gasteiger partial charge < -0.3 is 19.5 Å². The Hall–Kier alpha value is -3.04. The van der Waals surface area contributed by atoms with Gasteiger partial charge in [0, 0.05) is 24.1 Å². The molecule has 32 heavy (non-hydrogen) atoms. The number of methoxy groups -OCH3 is 1. The van der Waals surface area contributed by atoms with E-state index in [1.807, 2.05) is 6.07 Å². The van der Waals surface area contributed by atoms with Crippen molar-refractivity contribution in [1.82, 2.24) is 0 Å². The standard InChI is InChI=1S/C26H32N2O4/c1-4-6-20-15-18(5-2)16-23(25(20)32-22-11-13-31-14-12-22)24(26(29)30-3)28-21-9-7-19(17-27)8-10-21/h7-10,15-16,22,24,28H,4-6,11-14H2,1-3H3. The van der Waals surface area contributed by atoms with Gasteiger partial charge in [0.1, 0.15) is 11.9 Å². The summed E-state index contributed by atoms with van der Waals surface area (Å²) in [4.78, 5) is 12.9. The van der Waals surface area contributed by atoms with Crippen LogP contribution in [0.4, 0.5) is 5.69 Å². The molecule has 0 amide bonds. The molecule has 3 rings (SSSR count). The van der Waals surface area contributed by atoms with Gasteiger partial charge in [0.05, 0.1) is 32.0 Å². The number of hydrogen-bond donors (Lipinski definition) is 1. The van der Waals surface area contributed by atoms with Gasteiger partial charge in [-0.05, 0) is 54.3 Å². The molecule has 6 nitrogen and oxygen atoms in total. The van der Waals surface area contributed by atoms with Gasteiger partial charge >= 0.3 is 5.97 Å². The molecule has 1 aliphatic heterocycles. The fourth-order valence-corrected chi connectivity index (χ4v) is 3.95. The number of ether oxygens (including phenoxy) is 3. The number of nitrogens with one attached hydrogen (secondary N) is 1. The Labute approximate surface area is 190 Å². The van der Waals surface area contributed by atoms with Crippen LogP contribution in [0.3, 0.4) is 0 Å². The maximum atomic E-state index is 12.9. The van der Waals surface area contributed by atoms with E-state index in [1.165, 1.54) is 7.11 Å². The number of nitrogens with zero attached hydrogens (tertiary/aromatic N) is 1. The molecule has 6 heteroatoms. The molecule has 0 saturated carbocycles. The minimum absolute atomic E-state index is 0.0544. The number of hydrogen-bond acceptors (Lipinski definition) is 6. The Kier molecular flexibility index (Phi) is 8.52. The molecule has 0 bridgehead atoms. The van der Waals surface area contributed by atoms with Crippen LogP contribution in [0.25, 0.3) is 0 Å². The predicted octanol–water partition coefficient (Wildman–Crippen LogP) is 4.96. The summed E-state index contributed by atoms with van der Waals surface area (Å²) in [6, 6.07) is 12.7. The van der Waals surface area contributed by atoms with E-state index >= 15 is 0 Å². The molecular weight excluding hydrogens is 404 g/mol.